The van der Waals surface area contributed by atoms with Gasteiger partial charge in [-0.05, 0) is 18.2 Å². The van der Waals surface area contributed by atoms with Gasteiger partial charge in [-0.2, -0.15) is 13.9 Å². The Morgan fingerprint density at radius 1 is 1.38 bits per heavy atom. The molecular weight excluding hydrogens is 220 g/mol. The second-order valence-electron chi connectivity index (χ2n) is 2.76. The molecule has 0 bridgehead atoms. The first-order valence-corrected chi connectivity index (χ1v) is 4.25. The molecule has 5 nitrogen and oxygen atoms in total. The molecule has 0 saturated heterocycles. The summed E-state index contributed by atoms with van der Waals surface area (Å²) in [6.07, 6.45) is 0. The van der Waals surface area contributed by atoms with Gasteiger partial charge in [0.25, 0.3) is 0 Å². The van der Waals surface area contributed by atoms with Crippen LogP contribution in [-0.4, -0.2) is 19.6 Å². The number of hydrazone groups is 1. The van der Waals surface area contributed by atoms with Gasteiger partial charge in [-0.15, -0.1) is 0 Å². The maximum atomic E-state index is 12.1. The van der Waals surface area contributed by atoms with E-state index in [1.807, 2.05) is 0 Å². The highest BCUT2D eigenvalue weighted by atomic mass is 19.3. The Hall–Kier alpha value is -2.05. The van der Waals surface area contributed by atoms with Crippen LogP contribution in [0.2, 0.25) is 0 Å². The molecule has 0 atom stereocenters. The molecule has 0 saturated carbocycles. The van der Waals surface area contributed by atoms with Crippen molar-refractivity contribution in [3.8, 4) is 11.5 Å². The maximum Gasteiger partial charge on any atom is 0.387 e. The highest BCUT2D eigenvalue weighted by molar-refractivity contribution is 5.97. The Bertz CT molecular complexity index is 396. The molecular formula is C9H11F2N3O2. The van der Waals surface area contributed by atoms with Crippen LogP contribution >= 0.6 is 0 Å². The van der Waals surface area contributed by atoms with E-state index < -0.39 is 6.61 Å². The summed E-state index contributed by atoms with van der Waals surface area (Å²) in [5.41, 5.74) is 5.80. The molecule has 0 aliphatic rings. The standard InChI is InChI=1S/C9H11F2N3O2/c1-15-6-3-2-5(8(12)14-13)4-7(6)16-9(10)11/h2-4,9H,13H2,1H3,(H2,12,14). The van der Waals surface area contributed by atoms with Crippen molar-refractivity contribution in [2.75, 3.05) is 7.11 Å². The molecule has 0 aliphatic heterocycles. The SMILES string of the molecule is COc1ccc(/C(N)=N/N)cc1OC(F)F. The van der Waals surface area contributed by atoms with Crippen molar-refractivity contribution in [3.63, 3.8) is 0 Å². The minimum atomic E-state index is -2.94. The summed E-state index contributed by atoms with van der Waals surface area (Å²) in [4.78, 5) is 0. The van der Waals surface area contributed by atoms with Gasteiger partial charge in [0, 0.05) is 5.56 Å². The molecule has 7 heteroatoms. The van der Waals surface area contributed by atoms with E-state index in [4.69, 9.17) is 16.3 Å². The lowest BCUT2D eigenvalue weighted by Crippen LogP contribution is -2.16. The maximum absolute atomic E-state index is 12.1. The fourth-order valence-electron chi connectivity index (χ4n) is 1.10. The largest absolute Gasteiger partial charge is 0.493 e. The van der Waals surface area contributed by atoms with Gasteiger partial charge in [0.15, 0.2) is 11.5 Å². The summed E-state index contributed by atoms with van der Waals surface area (Å²) in [5.74, 6) is 5.04. The normalized spacial score (nSPS) is 11.6. The lowest BCUT2D eigenvalue weighted by Gasteiger charge is -2.10. The number of amidine groups is 1. The molecule has 0 aromatic heterocycles. The average Bonchev–Trinajstić information content (AvgIpc) is 2.27. The summed E-state index contributed by atoms with van der Waals surface area (Å²) < 4.78 is 33.3. The third-order valence-electron chi connectivity index (χ3n) is 1.81. The summed E-state index contributed by atoms with van der Waals surface area (Å²) in [7, 11) is 1.34. The number of alkyl halides is 2. The van der Waals surface area contributed by atoms with Crippen LogP contribution in [0.5, 0.6) is 11.5 Å². The van der Waals surface area contributed by atoms with Crippen LogP contribution in [0, 0.1) is 0 Å². The zero-order valence-electron chi connectivity index (χ0n) is 8.48. The van der Waals surface area contributed by atoms with Gasteiger partial charge in [-0.1, -0.05) is 0 Å². The second-order valence-corrected chi connectivity index (χ2v) is 2.76. The Morgan fingerprint density at radius 3 is 2.56 bits per heavy atom. The molecule has 1 rings (SSSR count). The van der Waals surface area contributed by atoms with Crippen LogP contribution in [0.15, 0.2) is 23.3 Å². The highest BCUT2D eigenvalue weighted by Gasteiger charge is 2.12. The molecule has 0 aliphatic carbocycles. The third-order valence-corrected chi connectivity index (χ3v) is 1.81. The van der Waals surface area contributed by atoms with E-state index in [2.05, 4.69) is 9.84 Å². The first-order chi connectivity index (χ1) is 7.58. The van der Waals surface area contributed by atoms with E-state index in [1.165, 1.54) is 25.3 Å². The Labute approximate surface area is 90.6 Å². The van der Waals surface area contributed by atoms with E-state index in [9.17, 15) is 8.78 Å². The number of rotatable bonds is 4. The average molecular weight is 231 g/mol. The van der Waals surface area contributed by atoms with Gasteiger partial charge in [0.05, 0.1) is 7.11 Å². The minimum Gasteiger partial charge on any atom is -0.493 e. The Morgan fingerprint density at radius 2 is 2.06 bits per heavy atom. The summed E-state index contributed by atoms with van der Waals surface area (Å²) >= 11 is 0. The molecule has 0 heterocycles. The van der Waals surface area contributed by atoms with Crippen LogP contribution < -0.4 is 21.1 Å². The number of methoxy groups -OCH3 is 1. The van der Waals surface area contributed by atoms with Gasteiger partial charge < -0.3 is 21.1 Å². The molecule has 0 spiro atoms. The lowest BCUT2D eigenvalue weighted by molar-refractivity contribution is -0.0512. The summed E-state index contributed by atoms with van der Waals surface area (Å²) in [6, 6.07) is 4.24. The van der Waals surface area contributed by atoms with Crippen molar-refractivity contribution in [1.29, 1.82) is 0 Å². The van der Waals surface area contributed by atoms with Gasteiger partial charge in [0.1, 0.15) is 5.84 Å². The molecule has 0 unspecified atom stereocenters. The zero-order chi connectivity index (χ0) is 12.1. The molecule has 0 fully saturated rings. The van der Waals surface area contributed by atoms with Crippen LogP contribution in [0.4, 0.5) is 8.78 Å². The van der Waals surface area contributed by atoms with Gasteiger partial charge in [0.2, 0.25) is 0 Å². The van der Waals surface area contributed by atoms with Crippen LogP contribution in [0.25, 0.3) is 0 Å². The second kappa shape index (κ2) is 5.15. The topological polar surface area (TPSA) is 82.9 Å². The minimum absolute atomic E-state index is 0.0155. The fourth-order valence-corrected chi connectivity index (χ4v) is 1.10. The zero-order valence-corrected chi connectivity index (χ0v) is 8.48. The number of ether oxygens (including phenoxy) is 2. The van der Waals surface area contributed by atoms with Gasteiger partial charge >= 0.3 is 6.61 Å². The Balaban J connectivity index is 3.10. The first-order valence-electron chi connectivity index (χ1n) is 4.25. The van der Waals surface area contributed by atoms with Crippen molar-refractivity contribution < 1.29 is 18.3 Å². The van der Waals surface area contributed by atoms with Crippen molar-refractivity contribution in [2.24, 2.45) is 16.7 Å². The first kappa shape index (κ1) is 12.0. The molecule has 1 aromatic rings. The number of nitrogens with two attached hydrogens (primary N) is 2. The van der Waals surface area contributed by atoms with Crippen molar-refractivity contribution >= 4 is 5.84 Å². The lowest BCUT2D eigenvalue weighted by atomic mass is 10.2. The number of nitrogens with zero attached hydrogens (tertiary/aromatic N) is 1. The third kappa shape index (κ3) is 2.72. The summed E-state index contributed by atoms with van der Waals surface area (Å²) in [6.45, 7) is -2.94. The highest BCUT2D eigenvalue weighted by Crippen LogP contribution is 2.29. The number of halogens is 2. The number of benzene rings is 1. The van der Waals surface area contributed by atoms with Crippen molar-refractivity contribution in [1.82, 2.24) is 0 Å². The van der Waals surface area contributed by atoms with E-state index in [0.717, 1.165) is 0 Å². The monoisotopic (exact) mass is 231 g/mol. The van der Waals surface area contributed by atoms with Gasteiger partial charge in [-0.3, -0.25) is 0 Å². The van der Waals surface area contributed by atoms with E-state index in [1.54, 1.807) is 0 Å². The molecule has 16 heavy (non-hydrogen) atoms. The predicted octanol–water partition coefficient (Wildman–Crippen LogP) is 0.876. The van der Waals surface area contributed by atoms with Crippen LogP contribution in [0.1, 0.15) is 5.56 Å². The predicted molar refractivity (Wildman–Crippen MR) is 54.5 cm³/mol. The molecule has 1 aromatic carbocycles. The fraction of sp³-hybridized carbons (Fsp3) is 0.222. The van der Waals surface area contributed by atoms with E-state index in [-0.39, 0.29) is 17.3 Å². The summed E-state index contributed by atoms with van der Waals surface area (Å²) in [5, 5.41) is 3.25. The van der Waals surface area contributed by atoms with Gasteiger partial charge in [-0.25, -0.2) is 0 Å². The number of hydrogen-bond donors (Lipinski definition) is 2. The van der Waals surface area contributed by atoms with Crippen molar-refractivity contribution in [2.45, 2.75) is 6.61 Å². The molecule has 0 radical (unpaired) electrons. The Kier molecular flexibility index (Phi) is 3.87. The quantitative estimate of drug-likeness (QED) is 0.348. The molecule has 0 amide bonds. The molecule has 4 N–H and O–H groups in total. The number of hydrogen-bond acceptors (Lipinski definition) is 4. The van der Waals surface area contributed by atoms with Crippen molar-refractivity contribution in [3.05, 3.63) is 23.8 Å². The molecule has 88 valence electrons. The van der Waals surface area contributed by atoms with Crippen LogP contribution in [0.3, 0.4) is 0 Å². The smallest absolute Gasteiger partial charge is 0.387 e. The van der Waals surface area contributed by atoms with Crippen LogP contribution in [-0.2, 0) is 0 Å². The van der Waals surface area contributed by atoms with E-state index in [0.29, 0.717) is 5.56 Å². The van der Waals surface area contributed by atoms with E-state index >= 15 is 0 Å².